The number of hydrogen-bond donors (Lipinski definition) is 4. The molecule has 2 heterocycles. The second-order valence-electron chi connectivity index (χ2n) is 14.0. The molecule has 3 unspecified atom stereocenters. The van der Waals surface area contributed by atoms with Crippen molar-refractivity contribution in [3.63, 3.8) is 0 Å². The van der Waals surface area contributed by atoms with Gasteiger partial charge < -0.3 is 15.8 Å². The van der Waals surface area contributed by atoms with Gasteiger partial charge in [-0.2, -0.15) is 13.9 Å². The second-order valence-corrected chi connectivity index (χ2v) is 16.1. The van der Waals surface area contributed by atoms with Crippen LogP contribution in [0.3, 0.4) is 0 Å². The van der Waals surface area contributed by atoms with E-state index in [4.69, 9.17) is 17.0 Å². The number of aliphatic hydroxyl groups is 1. The fourth-order valence-corrected chi connectivity index (χ4v) is 7.15. The fourth-order valence-electron chi connectivity index (χ4n) is 6.41. The standard InChI is InChI=1S/C37H36ClF6N7O4S/c1-18-12-25(30(45)34(41)42)33(37(18,43)44)46-17-28(52)48-27(15-19-13-20(39)16-21(40)14-19)31-23(7-6-22(47-31)10-11-36(2,3)53)24-8-9-26(38)29-32(24)51(4)49-35(29)50-56(5,54)55/h6-9,13-14,16,18,25,27,34,45,53H,12,15,17H2,1-5H3,(H,48,52)(H,49,50). The Kier molecular flexibility index (Phi) is 11.9. The molecule has 1 amide bonds. The van der Waals surface area contributed by atoms with Gasteiger partial charge in [-0.05, 0) is 68.5 Å². The average Bonchev–Trinajstić information content (AvgIpc) is 3.51. The van der Waals surface area contributed by atoms with E-state index < -0.39 is 87.8 Å². The van der Waals surface area contributed by atoms with E-state index in [0.717, 1.165) is 25.3 Å². The summed E-state index contributed by atoms with van der Waals surface area (Å²) in [4.78, 5) is 22.1. The lowest BCUT2D eigenvalue weighted by Crippen LogP contribution is -2.37. The lowest BCUT2D eigenvalue weighted by Gasteiger charge is -2.23. The molecule has 19 heteroatoms. The van der Waals surface area contributed by atoms with Crippen molar-refractivity contribution in [2.75, 3.05) is 17.5 Å². The van der Waals surface area contributed by atoms with Gasteiger partial charge in [0.1, 0.15) is 29.5 Å². The fraction of sp³-hybridized carbons (Fsp3) is 0.378. The quantitative estimate of drug-likeness (QED) is 0.0770. The zero-order valence-corrected chi connectivity index (χ0v) is 32.1. The summed E-state index contributed by atoms with van der Waals surface area (Å²) < 4.78 is 114. The van der Waals surface area contributed by atoms with Crippen LogP contribution in [0.4, 0.5) is 32.2 Å². The molecule has 5 rings (SSSR count). The number of fused-ring (bicyclic) bond motifs is 1. The lowest BCUT2D eigenvalue weighted by atomic mass is 9.93. The molecule has 0 bridgehead atoms. The summed E-state index contributed by atoms with van der Waals surface area (Å²) in [5.74, 6) is -4.49. The third-order valence-corrected chi connectivity index (χ3v) is 9.72. The molecule has 1 saturated carbocycles. The molecule has 1 aliphatic rings. The van der Waals surface area contributed by atoms with Gasteiger partial charge in [0.05, 0.1) is 45.3 Å². The van der Waals surface area contributed by atoms with Gasteiger partial charge in [-0.15, -0.1) is 0 Å². The van der Waals surface area contributed by atoms with Crippen molar-refractivity contribution >= 4 is 55.7 Å². The monoisotopic (exact) mass is 823 g/mol. The Hall–Kier alpha value is -4.99. The Labute approximate surface area is 323 Å². The number of carbonyl (C=O) groups excluding carboxylic acids is 1. The van der Waals surface area contributed by atoms with Crippen molar-refractivity contribution in [3.8, 4) is 23.0 Å². The van der Waals surface area contributed by atoms with Crippen molar-refractivity contribution in [1.29, 1.82) is 5.41 Å². The molecule has 11 nitrogen and oxygen atoms in total. The Morgan fingerprint density at radius 1 is 1.16 bits per heavy atom. The smallest absolute Gasteiger partial charge is 0.288 e. The number of anilines is 1. The summed E-state index contributed by atoms with van der Waals surface area (Å²) in [6.45, 7) is 2.98. The maximum Gasteiger partial charge on any atom is 0.288 e. The van der Waals surface area contributed by atoms with Gasteiger partial charge in [0.25, 0.3) is 12.3 Å². The molecule has 0 aliphatic heterocycles. The summed E-state index contributed by atoms with van der Waals surface area (Å²) >= 11 is 6.55. The Balaban J connectivity index is 1.70. The Morgan fingerprint density at radius 2 is 1.80 bits per heavy atom. The molecule has 0 spiro atoms. The number of amides is 1. The first-order valence-electron chi connectivity index (χ1n) is 16.9. The number of rotatable bonds is 11. The van der Waals surface area contributed by atoms with Crippen LogP contribution in [-0.2, 0) is 28.3 Å². The van der Waals surface area contributed by atoms with E-state index >= 15 is 8.78 Å². The van der Waals surface area contributed by atoms with Crippen LogP contribution in [0.5, 0.6) is 0 Å². The maximum absolute atomic E-state index is 15.2. The molecule has 1 aliphatic carbocycles. The van der Waals surface area contributed by atoms with Crippen molar-refractivity contribution < 1.29 is 44.7 Å². The highest BCUT2D eigenvalue weighted by Crippen LogP contribution is 2.43. The first-order chi connectivity index (χ1) is 25.9. The second kappa shape index (κ2) is 15.9. The number of sulfonamides is 1. The first kappa shape index (κ1) is 42.2. The number of aliphatic imine (C=N–C) groups is 1. The largest absolute Gasteiger partial charge is 0.378 e. The van der Waals surface area contributed by atoms with E-state index in [9.17, 15) is 35.9 Å². The highest BCUT2D eigenvalue weighted by atomic mass is 35.5. The molecule has 4 N–H and O–H groups in total. The van der Waals surface area contributed by atoms with E-state index in [1.807, 2.05) is 0 Å². The number of carbonyl (C=O) groups is 1. The predicted molar refractivity (Wildman–Crippen MR) is 200 cm³/mol. The van der Waals surface area contributed by atoms with Crippen LogP contribution < -0.4 is 10.0 Å². The number of halogens is 7. The normalized spacial score (nSPS) is 18.2. The number of nitrogens with zero attached hydrogens (tertiary/aromatic N) is 4. The first-order valence-corrected chi connectivity index (χ1v) is 19.2. The number of nitrogens with one attached hydrogen (secondary N) is 3. The zero-order chi connectivity index (χ0) is 41.5. The van der Waals surface area contributed by atoms with Crippen LogP contribution >= 0.6 is 11.6 Å². The van der Waals surface area contributed by atoms with Crippen molar-refractivity contribution in [1.82, 2.24) is 20.1 Å². The minimum absolute atomic E-state index is 0.0119. The molecule has 3 atom stereocenters. The minimum atomic E-state index is -3.83. The minimum Gasteiger partial charge on any atom is -0.378 e. The van der Waals surface area contributed by atoms with Crippen LogP contribution in [0.15, 0.2) is 47.5 Å². The summed E-state index contributed by atoms with van der Waals surface area (Å²) in [5, 5.41) is 25.2. The zero-order valence-electron chi connectivity index (χ0n) is 30.5. The highest BCUT2D eigenvalue weighted by Gasteiger charge is 2.54. The van der Waals surface area contributed by atoms with Crippen LogP contribution in [0.1, 0.15) is 50.2 Å². The van der Waals surface area contributed by atoms with E-state index in [2.05, 4.69) is 37.0 Å². The molecule has 56 heavy (non-hydrogen) atoms. The Bertz CT molecular complexity index is 2400. The SMILES string of the molecule is CC1CC(C(=N)C(F)F)C(=NCC(=O)NC(Cc2cc(F)cc(F)c2)c2nc(C#CC(C)(C)O)ccc2-c2ccc(Cl)c3c(NS(C)(=O)=O)nn(C)c23)C1(F)F. The summed E-state index contributed by atoms with van der Waals surface area (Å²) in [5.41, 5.74) is -2.76. The summed E-state index contributed by atoms with van der Waals surface area (Å²) in [6, 6.07) is 7.37. The van der Waals surface area contributed by atoms with E-state index in [-0.39, 0.29) is 45.2 Å². The van der Waals surface area contributed by atoms with Crippen LogP contribution in [-0.4, -0.2) is 76.4 Å². The molecule has 1 fully saturated rings. The topological polar surface area (TPSA) is 162 Å². The molecule has 0 saturated heterocycles. The van der Waals surface area contributed by atoms with Gasteiger partial charge in [-0.1, -0.05) is 30.5 Å². The van der Waals surface area contributed by atoms with Crippen LogP contribution in [0.25, 0.3) is 22.0 Å². The number of hydrogen-bond acceptors (Lipinski definition) is 8. The molecule has 4 aromatic rings. The lowest BCUT2D eigenvalue weighted by molar-refractivity contribution is -0.120. The third-order valence-electron chi connectivity index (χ3n) is 8.84. The van der Waals surface area contributed by atoms with Gasteiger partial charge in [0, 0.05) is 36.1 Å². The van der Waals surface area contributed by atoms with E-state index in [1.54, 1.807) is 12.1 Å². The molecule has 2 aromatic carbocycles. The van der Waals surface area contributed by atoms with Crippen molar-refractivity contribution in [3.05, 3.63) is 76.1 Å². The molecular formula is C37H36ClF6N7O4S. The molecular weight excluding hydrogens is 788 g/mol. The predicted octanol–water partition coefficient (Wildman–Crippen LogP) is 6.48. The molecule has 2 aromatic heterocycles. The van der Waals surface area contributed by atoms with E-state index in [1.165, 1.54) is 37.7 Å². The average molecular weight is 824 g/mol. The summed E-state index contributed by atoms with van der Waals surface area (Å²) in [6.07, 6.45) is -3.25. The molecule has 298 valence electrons. The van der Waals surface area contributed by atoms with Gasteiger partial charge in [-0.3, -0.25) is 19.2 Å². The number of aryl methyl sites for hydroxylation is 1. The third kappa shape index (κ3) is 9.51. The molecule has 0 radical (unpaired) electrons. The number of aromatic nitrogens is 3. The van der Waals surface area contributed by atoms with Gasteiger partial charge in [0.15, 0.2) is 5.82 Å². The van der Waals surface area contributed by atoms with Crippen molar-refractivity contribution in [2.24, 2.45) is 23.9 Å². The summed E-state index contributed by atoms with van der Waals surface area (Å²) in [7, 11) is -2.32. The van der Waals surface area contributed by atoms with Gasteiger partial charge in [0.2, 0.25) is 15.9 Å². The van der Waals surface area contributed by atoms with Crippen LogP contribution in [0, 0.1) is 40.7 Å². The van der Waals surface area contributed by atoms with Gasteiger partial charge >= 0.3 is 0 Å². The van der Waals surface area contributed by atoms with E-state index in [0.29, 0.717) is 17.1 Å². The number of benzene rings is 2. The Morgan fingerprint density at radius 3 is 2.41 bits per heavy atom. The highest BCUT2D eigenvalue weighted by molar-refractivity contribution is 7.92. The maximum atomic E-state index is 15.2. The van der Waals surface area contributed by atoms with Crippen molar-refractivity contribution in [2.45, 2.75) is 57.6 Å². The van der Waals surface area contributed by atoms with Crippen LogP contribution in [0.2, 0.25) is 5.02 Å². The number of alkyl halides is 4. The van der Waals surface area contributed by atoms with Gasteiger partial charge in [-0.25, -0.2) is 31.0 Å². The number of pyridine rings is 1.